The minimum Gasteiger partial charge on any atom is -0.455 e. The van der Waals surface area contributed by atoms with Crippen LogP contribution in [0.3, 0.4) is 0 Å². The topological polar surface area (TPSA) is 91.2 Å². The highest BCUT2D eigenvalue weighted by molar-refractivity contribution is 5.96. The number of nitrogens with zero attached hydrogens (tertiary/aromatic N) is 1. The van der Waals surface area contributed by atoms with E-state index in [-0.39, 0.29) is 11.4 Å². The van der Waals surface area contributed by atoms with Crippen LogP contribution < -0.4 is 16.2 Å². The van der Waals surface area contributed by atoms with E-state index < -0.39 is 5.91 Å². The van der Waals surface area contributed by atoms with E-state index in [4.69, 9.17) is 16.2 Å². The van der Waals surface area contributed by atoms with Gasteiger partial charge in [-0.25, -0.2) is 4.98 Å². The Hall–Kier alpha value is -2.56. The maximum Gasteiger partial charge on any atom is 0.252 e. The normalized spacial score (nSPS) is 10.2. The molecule has 0 bridgehead atoms. The van der Waals surface area contributed by atoms with Crippen LogP contribution in [0.1, 0.15) is 21.5 Å². The Morgan fingerprint density at radius 3 is 2.58 bits per heavy atom. The fourth-order valence-electron chi connectivity index (χ4n) is 1.64. The average molecular weight is 257 g/mol. The van der Waals surface area contributed by atoms with Gasteiger partial charge in [0.1, 0.15) is 11.6 Å². The summed E-state index contributed by atoms with van der Waals surface area (Å²) in [5.41, 5.74) is 13.3. The van der Waals surface area contributed by atoms with Gasteiger partial charge in [0.25, 0.3) is 5.91 Å². The Labute approximate surface area is 111 Å². The number of rotatable bonds is 3. The van der Waals surface area contributed by atoms with Gasteiger partial charge in [-0.2, -0.15) is 0 Å². The van der Waals surface area contributed by atoms with Crippen molar-refractivity contribution in [1.29, 1.82) is 0 Å². The van der Waals surface area contributed by atoms with E-state index in [9.17, 15) is 4.79 Å². The minimum atomic E-state index is -0.604. The molecule has 0 aliphatic rings. The third kappa shape index (κ3) is 2.82. The van der Waals surface area contributed by atoms with E-state index in [1.165, 1.54) is 12.3 Å². The van der Waals surface area contributed by atoms with Crippen LogP contribution in [0.4, 0.5) is 5.82 Å². The maximum atomic E-state index is 11.3. The van der Waals surface area contributed by atoms with Crippen LogP contribution in [0.5, 0.6) is 11.5 Å². The number of aryl methyl sites for hydroxylation is 2. The Morgan fingerprint density at radius 1 is 1.21 bits per heavy atom. The first kappa shape index (κ1) is 12.9. The largest absolute Gasteiger partial charge is 0.455 e. The number of carbonyl (C=O) groups is 1. The minimum absolute atomic E-state index is 0.214. The van der Waals surface area contributed by atoms with Crippen molar-refractivity contribution in [2.75, 3.05) is 5.73 Å². The lowest BCUT2D eigenvalue weighted by atomic mass is 10.1. The Morgan fingerprint density at radius 2 is 1.95 bits per heavy atom. The number of aromatic nitrogens is 1. The zero-order chi connectivity index (χ0) is 14.0. The summed E-state index contributed by atoms with van der Waals surface area (Å²) in [4.78, 5) is 15.2. The third-order valence-electron chi connectivity index (χ3n) is 2.86. The van der Waals surface area contributed by atoms with Crippen LogP contribution in [0.25, 0.3) is 0 Å². The number of benzene rings is 1. The molecule has 0 fully saturated rings. The molecule has 5 nitrogen and oxygen atoms in total. The molecule has 1 aromatic carbocycles. The SMILES string of the molecule is Cc1ccc(Oc2cnc(N)cc2C(N)=O)cc1C. The van der Waals surface area contributed by atoms with Crippen molar-refractivity contribution in [1.82, 2.24) is 4.98 Å². The van der Waals surface area contributed by atoms with Crippen molar-refractivity contribution in [2.45, 2.75) is 13.8 Å². The lowest BCUT2D eigenvalue weighted by molar-refractivity contribution is 0.0998. The quantitative estimate of drug-likeness (QED) is 0.881. The molecule has 2 aromatic rings. The van der Waals surface area contributed by atoms with Gasteiger partial charge in [-0.15, -0.1) is 0 Å². The van der Waals surface area contributed by atoms with Gasteiger partial charge in [-0.3, -0.25) is 4.79 Å². The predicted octanol–water partition coefficient (Wildman–Crippen LogP) is 2.17. The van der Waals surface area contributed by atoms with Gasteiger partial charge >= 0.3 is 0 Å². The molecule has 0 saturated heterocycles. The fourth-order valence-corrected chi connectivity index (χ4v) is 1.64. The second-order valence-corrected chi connectivity index (χ2v) is 4.32. The second-order valence-electron chi connectivity index (χ2n) is 4.32. The zero-order valence-corrected chi connectivity index (χ0v) is 10.8. The van der Waals surface area contributed by atoms with E-state index in [2.05, 4.69) is 4.98 Å². The van der Waals surface area contributed by atoms with Crippen LogP contribution in [-0.4, -0.2) is 10.9 Å². The fraction of sp³-hybridized carbons (Fsp3) is 0.143. The van der Waals surface area contributed by atoms with Crippen molar-refractivity contribution >= 4 is 11.7 Å². The summed E-state index contributed by atoms with van der Waals surface area (Å²) < 4.78 is 5.64. The molecule has 0 aliphatic carbocycles. The monoisotopic (exact) mass is 257 g/mol. The lowest BCUT2D eigenvalue weighted by Crippen LogP contribution is -2.13. The number of carbonyl (C=O) groups excluding carboxylic acids is 1. The number of ether oxygens (including phenoxy) is 1. The van der Waals surface area contributed by atoms with Gasteiger partial charge in [-0.05, 0) is 43.2 Å². The highest BCUT2D eigenvalue weighted by Crippen LogP contribution is 2.26. The maximum absolute atomic E-state index is 11.3. The summed E-state index contributed by atoms with van der Waals surface area (Å²) in [5.74, 6) is 0.538. The molecule has 0 aliphatic heterocycles. The molecule has 1 amide bonds. The molecule has 5 heteroatoms. The van der Waals surface area contributed by atoms with Crippen LogP contribution >= 0.6 is 0 Å². The van der Waals surface area contributed by atoms with Gasteiger partial charge in [-0.1, -0.05) is 6.07 Å². The number of anilines is 1. The standard InChI is InChI=1S/C14H15N3O2/c1-8-3-4-10(5-9(8)2)19-12-7-17-13(15)6-11(12)14(16)18/h3-7H,1-2H3,(H2,15,17)(H2,16,18). The van der Waals surface area contributed by atoms with E-state index in [1.54, 1.807) is 0 Å². The molecule has 0 spiro atoms. The first-order valence-corrected chi connectivity index (χ1v) is 5.78. The molecule has 1 heterocycles. The van der Waals surface area contributed by atoms with Crippen molar-refractivity contribution < 1.29 is 9.53 Å². The van der Waals surface area contributed by atoms with Crippen molar-refractivity contribution in [2.24, 2.45) is 5.73 Å². The number of hydrogen-bond acceptors (Lipinski definition) is 4. The Bertz CT molecular complexity index is 639. The van der Waals surface area contributed by atoms with E-state index in [0.29, 0.717) is 11.5 Å². The van der Waals surface area contributed by atoms with E-state index >= 15 is 0 Å². The molecule has 2 rings (SSSR count). The van der Waals surface area contributed by atoms with Crippen LogP contribution in [-0.2, 0) is 0 Å². The summed E-state index contributed by atoms with van der Waals surface area (Å²) in [5, 5.41) is 0. The molecule has 0 radical (unpaired) electrons. The summed E-state index contributed by atoms with van der Waals surface area (Å²) >= 11 is 0. The predicted molar refractivity (Wildman–Crippen MR) is 73.2 cm³/mol. The van der Waals surface area contributed by atoms with Gasteiger partial charge in [0.05, 0.1) is 11.8 Å². The molecule has 98 valence electrons. The average Bonchev–Trinajstić information content (AvgIpc) is 2.36. The molecule has 0 saturated carbocycles. The number of nitrogens with two attached hydrogens (primary N) is 2. The van der Waals surface area contributed by atoms with Gasteiger partial charge in [0, 0.05) is 0 Å². The molecular formula is C14H15N3O2. The highest BCUT2D eigenvalue weighted by atomic mass is 16.5. The molecule has 19 heavy (non-hydrogen) atoms. The number of amides is 1. The highest BCUT2D eigenvalue weighted by Gasteiger charge is 2.12. The first-order chi connectivity index (χ1) is 8.97. The molecule has 0 unspecified atom stereocenters. The van der Waals surface area contributed by atoms with Gasteiger partial charge in [0.2, 0.25) is 0 Å². The smallest absolute Gasteiger partial charge is 0.252 e. The summed E-state index contributed by atoms with van der Waals surface area (Å²) in [6, 6.07) is 7.05. The Balaban J connectivity index is 2.37. The second kappa shape index (κ2) is 4.97. The number of pyridine rings is 1. The van der Waals surface area contributed by atoms with Crippen molar-refractivity contribution in [3.63, 3.8) is 0 Å². The van der Waals surface area contributed by atoms with Gasteiger partial charge in [0.15, 0.2) is 5.75 Å². The number of hydrogen-bond donors (Lipinski definition) is 2. The van der Waals surface area contributed by atoms with Crippen molar-refractivity contribution in [3.05, 3.63) is 47.2 Å². The number of primary amides is 1. The zero-order valence-electron chi connectivity index (χ0n) is 10.8. The summed E-state index contributed by atoms with van der Waals surface area (Å²) in [7, 11) is 0. The first-order valence-electron chi connectivity index (χ1n) is 5.78. The van der Waals surface area contributed by atoms with Crippen molar-refractivity contribution in [3.8, 4) is 11.5 Å². The van der Waals surface area contributed by atoms with Crippen LogP contribution in [0.15, 0.2) is 30.5 Å². The van der Waals surface area contributed by atoms with E-state index in [1.807, 2.05) is 32.0 Å². The van der Waals surface area contributed by atoms with Crippen LogP contribution in [0, 0.1) is 13.8 Å². The molecular weight excluding hydrogens is 242 g/mol. The molecule has 4 N–H and O–H groups in total. The Kier molecular flexibility index (Phi) is 3.37. The van der Waals surface area contributed by atoms with Crippen LogP contribution in [0.2, 0.25) is 0 Å². The molecule has 0 atom stereocenters. The summed E-state index contributed by atoms with van der Waals surface area (Å²) in [6.07, 6.45) is 1.39. The summed E-state index contributed by atoms with van der Waals surface area (Å²) in [6.45, 7) is 4.00. The van der Waals surface area contributed by atoms with Gasteiger partial charge < -0.3 is 16.2 Å². The third-order valence-corrected chi connectivity index (χ3v) is 2.86. The van der Waals surface area contributed by atoms with E-state index in [0.717, 1.165) is 11.1 Å². The molecule has 1 aromatic heterocycles. The number of nitrogen functional groups attached to an aromatic ring is 1. The lowest BCUT2D eigenvalue weighted by Gasteiger charge is -2.10.